The predicted molar refractivity (Wildman–Crippen MR) is 90.4 cm³/mol. The van der Waals surface area contributed by atoms with Gasteiger partial charge in [-0.25, -0.2) is 0 Å². The van der Waals surface area contributed by atoms with E-state index < -0.39 is 4.92 Å². The van der Waals surface area contributed by atoms with E-state index in [-0.39, 0.29) is 17.8 Å². The van der Waals surface area contributed by atoms with E-state index >= 15 is 0 Å². The lowest BCUT2D eigenvalue weighted by atomic mass is 9.97. The van der Waals surface area contributed by atoms with Gasteiger partial charge in [0.1, 0.15) is 11.9 Å². The Balaban J connectivity index is 1.77. The van der Waals surface area contributed by atoms with Crippen LogP contribution < -0.4 is 5.32 Å². The van der Waals surface area contributed by atoms with Crippen molar-refractivity contribution in [3.05, 3.63) is 62.9 Å². The SMILES string of the molecule is O=[N+]([O-])c1cncc(Br)c1NC1CCOC(c2ccccc2)C1. The molecule has 120 valence electrons. The number of anilines is 1. The van der Waals surface area contributed by atoms with E-state index in [0.29, 0.717) is 16.8 Å². The normalized spacial score (nSPS) is 20.9. The van der Waals surface area contributed by atoms with Crippen LogP contribution >= 0.6 is 15.9 Å². The number of hydrogen-bond acceptors (Lipinski definition) is 5. The van der Waals surface area contributed by atoms with Gasteiger partial charge in [0, 0.05) is 18.8 Å². The highest BCUT2D eigenvalue weighted by atomic mass is 79.9. The number of hydrogen-bond donors (Lipinski definition) is 1. The van der Waals surface area contributed by atoms with Gasteiger partial charge in [0.05, 0.1) is 15.5 Å². The van der Waals surface area contributed by atoms with Gasteiger partial charge < -0.3 is 10.1 Å². The van der Waals surface area contributed by atoms with Crippen molar-refractivity contribution in [2.45, 2.75) is 25.0 Å². The number of halogens is 1. The molecule has 6 nitrogen and oxygen atoms in total. The molecule has 23 heavy (non-hydrogen) atoms. The van der Waals surface area contributed by atoms with Crippen molar-refractivity contribution < 1.29 is 9.66 Å². The first-order valence-electron chi connectivity index (χ1n) is 7.36. The molecule has 2 unspecified atom stereocenters. The molecule has 0 bridgehead atoms. The van der Waals surface area contributed by atoms with Crippen molar-refractivity contribution in [1.29, 1.82) is 0 Å². The smallest absolute Gasteiger partial charge is 0.311 e. The highest BCUT2D eigenvalue weighted by Gasteiger charge is 2.27. The first-order chi connectivity index (χ1) is 11.1. The monoisotopic (exact) mass is 377 g/mol. The molecular weight excluding hydrogens is 362 g/mol. The molecule has 2 atom stereocenters. The summed E-state index contributed by atoms with van der Waals surface area (Å²) >= 11 is 3.34. The topological polar surface area (TPSA) is 77.3 Å². The van der Waals surface area contributed by atoms with Crippen LogP contribution in [0, 0.1) is 10.1 Å². The number of nitro groups is 1. The van der Waals surface area contributed by atoms with Crippen LogP contribution in [-0.2, 0) is 4.74 Å². The highest BCUT2D eigenvalue weighted by Crippen LogP contribution is 2.35. The summed E-state index contributed by atoms with van der Waals surface area (Å²) in [5, 5.41) is 14.5. The first-order valence-corrected chi connectivity index (χ1v) is 8.15. The summed E-state index contributed by atoms with van der Waals surface area (Å²) in [7, 11) is 0. The summed E-state index contributed by atoms with van der Waals surface area (Å²) in [4.78, 5) is 14.6. The Kier molecular flexibility index (Phi) is 4.88. The van der Waals surface area contributed by atoms with Crippen LogP contribution in [0.5, 0.6) is 0 Å². The zero-order chi connectivity index (χ0) is 16.2. The van der Waals surface area contributed by atoms with E-state index in [1.807, 2.05) is 30.3 Å². The van der Waals surface area contributed by atoms with E-state index in [4.69, 9.17) is 4.74 Å². The first kappa shape index (κ1) is 15.9. The third-order valence-corrected chi connectivity index (χ3v) is 4.48. The minimum Gasteiger partial charge on any atom is -0.376 e. The van der Waals surface area contributed by atoms with Crippen molar-refractivity contribution in [2.75, 3.05) is 11.9 Å². The van der Waals surface area contributed by atoms with Gasteiger partial charge in [0.25, 0.3) is 0 Å². The molecule has 0 amide bonds. The Bertz CT molecular complexity index is 696. The van der Waals surface area contributed by atoms with Crippen molar-refractivity contribution in [1.82, 2.24) is 4.98 Å². The molecule has 1 aromatic heterocycles. The Hall–Kier alpha value is -1.99. The lowest BCUT2D eigenvalue weighted by Crippen LogP contribution is -2.30. The van der Waals surface area contributed by atoms with E-state index in [1.54, 1.807) is 6.20 Å². The summed E-state index contributed by atoms with van der Waals surface area (Å²) < 4.78 is 6.43. The zero-order valence-corrected chi connectivity index (χ0v) is 13.9. The number of pyridine rings is 1. The van der Waals surface area contributed by atoms with Crippen LogP contribution in [0.3, 0.4) is 0 Å². The molecule has 1 fully saturated rings. The Morgan fingerprint density at radius 1 is 1.30 bits per heavy atom. The molecule has 7 heteroatoms. The number of aromatic nitrogens is 1. The van der Waals surface area contributed by atoms with Gasteiger partial charge >= 0.3 is 5.69 Å². The summed E-state index contributed by atoms with van der Waals surface area (Å²) in [5.74, 6) is 0. The maximum absolute atomic E-state index is 11.2. The van der Waals surface area contributed by atoms with E-state index in [1.165, 1.54) is 6.20 Å². The molecule has 0 saturated carbocycles. The lowest BCUT2D eigenvalue weighted by Gasteiger charge is -2.31. The molecular formula is C16H16BrN3O3. The van der Waals surface area contributed by atoms with E-state index in [0.717, 1.165) is 18.4 Å². The van der Waals surface area contributed by atoms with Gasteiger partial charge in [-0.3, -0.25) is 15.1 Å². The van der Waals surface area contributed by atoms with Crippen LogP contribution in [0.15, 0.2) is 47.2 Å². The Morgan fingerprint density at radius 3 is 2.83 bits per heavy atom. The van der Waals surface area contributed by atoms with Gasteiger partial charge in [0.15, 0.2) is 0 Å². The number of benzene rings is 1. The van der Waals surface area contributed by atoms with Gasteiger partial charge in [0.2, 0.25) is 0 Å². The van der Waals surface area contributed by atoms with Crippen LogP contribution in [0.1, 0.15) is 24.5 Å². The largest absolute Gasteiger partial charge is 0.376 e. The molecule has 1 aliphatic rings. The van der Waals surface area contributed by atoms with Crippen LogP contribution in [0.25, 0.3) is 0 Å². The molecule has 1 saturated heterocycles. The summed E-state index contributed by atoms with van der Waals surface area (Å²) in [6, 6.07) is 10.1. The third kappa shape index (κ3) is 3.68. The number of nitrogens with zero attached hydrogens (tertiary/aromatic N) is 2. The maximum Gasteiger partial charge on any atom is 0.311 e. The molecule has 3 rings (SSSR count). The number of ether oxygens (including phenoxy) is 1. The van der Waals surface area contributed by atoms with Crippen molar-refractivity contribution in [3.63, 3.8) is 0 Å². The molecule has 0 spiro atoms. The van der Waals surface area contributed by atoms with Gasteiger partial charge in [-0.2, -0.15) is 0 Å². The second kappa shape index (κ2) is 7.06. The maximum atomic E-state index is 11.2. The standard InChI is InChI=1S/C16H16BrN3O3/c17-13-9-18-10-14(20(21)22)16(13)19-12-6-7-23-15(8-12)11-4-2-1-3-5-11/h1-5,9-10,12,15H,6-8H2,(H,18,19). The second-order valence-corrected chi connectivity index (χ2v) is 6.26. The number of rotatable bonds is 4. The Labute approximate surface area is 142 Å². The summed E-state index contributed by atoms with van der Waals surface area (Å²) in [5.41, 5.74) is 1.58. The predicted octanol–water partition coefficient (Wildman–Crippen LogP) is 4.08. The molecule has 0 radical (unpaired) electrons. The average Bonchev–Trinajstić information content (AvgIpc) is 2.57. The number of nitrogens with one attached hydrogen (secondary N) is 1. The zero-order valence-electron chi connectivity index (χ0n) is 12.3. The molecule has 1 aliphatic heterocycles. The van der Waals surface area contributed by atoms with Crippen molar-refractivity contribution >= 4 is 27.3 Å². The molecule has 1 aromatic carbocycles. The van der Waals surface area contributed by atoms with Crippen LogP contribution in [0.2, 0.25) is 0 Å². The summed E-state index contributed by atoms with van der Waals surface area (Å²) in [6.07, 6.45) is 4.39. The Morgan fingerprint density at radius 2 is 2.09 bits per heavy atom. The second-order valence-electron chi connectivity index (χ2n) is 5.41. The molecule has 0 aliphatic carbocycles. The minimum absolute atomic E-state index is 0.00196. The van der Waals surface area contributed by atoms with Crippen molar-refractivity contribution in [3.8, 4) is 0 Å². The summed E-state index contributed by atoms with van der Waals surface area (Å²) in [6.45, 7) is 0.619. The van der Waals surface area contributed by atoms with E-state index in [2.05, 4.69) is 26.2 Å². The fourth-order valence-corrected chi connectivity index (χ4v) is 3.17. The molecule has 1 N–H and O–H groups in total. The average molecular weight is 378 g/mol. The van der Waals surface area contributed by atoms with Gasteiger partial charge in [-0.15, -0.1) is 0 Å². The van der Waals surface area contributed by atoms with Gasteiger partial charge in [-0.1, -0.05) is 30.3 Å². The van der Waals surface area contributed by atoms with Crippen LogP contribution in [-0.4, -0.2) is 22.6 Å². The minimum atomic E-state index is -0.423. The quantitative estimate of drug-likeness (QED) is 0.641. The fraction of sp³-hybridized carbons (Fsp3) is 0.312. The van der Waals surface area contributed by atoms with Crippen LogP contribution in [0.4, 0.5) is 11.4 Å². The molecule has 2 heterocycles. The van der Waals surface area contributed by atoms with Crippen molar-refractivity contribution in [2.24, 2.45) is 0 Å². The van der Waals surface area contributed by atoms with E-state index in [9.17, 15) is 10.1 Å². The van der Waals surface area contributed by atoms with Gasteiger partial charge in [-0.05, 0) is 34.3 Å². The lowest BCUT2D eigenvalue weighted by molar-refractivity contribution is -0.384. The fourth-order valence-electron chi connectivity index (χ4n) is 2.74. The molecule has 2 aromatic rings. The highest BCUT2D eigenvalue weighted by molar-refractivity contribution is 9.10. The third-order valence-electron chi connectivity index (χ3n) is 3.88.